The molecule has 2 fully saturated rings. The highest BCUT2D eigenvalue weighted by Gasteiger charge is 2.27. The molecule has 144 valence electrons. The summed E-state index contributed by atoms with van der Waals surface area (Å²) in [4.78, 5) is 28.0. The van der Waals surface area contributed by atoms with Crippen LogP contribution in [0.15, 0.2) is 18.2 Å². The Kier molecular flexibility index (Phi) is 7.41. The van der Waals surface area contributed by atoms with Gasteiger partial charge in [-0.05, 0) is 63.4 Å². The maximum Gasteiger partial charge on any atom is 0.256 e. The molecule has 1 aromatic carbocycles. The minimum atomic E-state index is -0.516. The van der Waals surface area contributed by atoms with Crippen LogP contribution in [0.1, 0.15) is 42.5 Å². The Morgan fingerprint density at radius 2 is 2.00 bits per heavy atom. The topological polar surface area (TPSA) is 52.7 Å². The first-order chi connectivity index (χ1) is 12.1. The van der Waals surface area contributed by atoms with E-state index in [4.69, 9.17) is 0 Å². The van der Waals surface area contributed by atoms with E-state index in [2.05, 4.69) is 5.32 Å². The minimum absolute atomic E-state index is 0. The number of amides is 2. The molecule has 3 rings (SSSR count). The van der Waals surface area contributed by atoms with Crippen molar-refractivity contribution in [1.29, 1.82) is 0 Å². The molecule has 2 amide bonds. The lowest BCUT2D eigenvalue weighted by atomic mass is 9.93. The number of anilines is 1. The van der Waals surface area contributed by atoms with E-state index in [1.54, 1.807) is 15.9 Å². The van der Waals surface area contributed by atoms with Gasteiger partial charge in [-0.15, -0.1) is 12.4 Å². The highest BCUT2D eigenvalue weighted by atomic mass is 35.5. The summed E-state index contributed by atoms with van der Waals surface area (Å²) >= 11 is 0. The fourth-order valence-corrected chi connectivity index (χ4v) is 3.71. The van der Waals surface area contributed by atoms with Crippen LogP contribution in [0.5, 0.6) is 0 Å². The molecular weight excluding hydrogens is 357 g/mol. The molecule has 7 heteroatoms. The number of carbonyl (C=O) groups is 2. The summed E-state index contributed by atoms with van der Waals surface area (Å²) < 4.78 is 14.2. The van der Waals surface area contributed by atoms with Crippen LogP contribution in [0.25, 0.3) is 0 Å². The van der Waals surface area contributed by atoms with Gasteiger partial charge in [-0.2, -0.15) is 0 Å². The molecule has 0 radical (unpaired) electrons. The number of halogens is 2. The predicted molar refractivity (Wildman–Crippen MR) is 102 cm³/mol. The molecule has 1 aromatic rings. The van der Waals surface area contributed by atoms with Crippen molar-refractivity contribution < 1.29 is 14.0 Å². The van der Waals surface area contributed by atoms with Gasteiger partial charge < -0.3 is 15.1 Å². The number of nitrogens with one attached hydrogen (secondary N) is 1. The summed E-state index contributed by atoms with van der Waals surface area (Å²) in [6.07, 6.45) is 4.35. The Morgan fingerprint density at radius 3 is 2.62 bits per heavy atom. The second-order valence-electron chi connectivity index (χ2n) is 6.94. The van der Waals surface area contributed by atoms with Gasteiger partial charge in [-0.1, -0.05) is 0 Å². The van der Waals surface area contributed by atoms with E-state index in [0.29, 0.717) is 37.7 Å². The van der Waals surface area contributed by atoms with Crippen molar-refractivity contribution in [3.63, 3.8) is 0 Å². The quantitative estimate of drug-likeness (QED) is 0.850. The van der Waals surface area contributed by atoms with E-state index in [1.165, 1.54) is 12.1 Å². The van der Waals surface area contributed by atoms with Crippen LogP contribution in [-0.4, -0.2) is 49.9 Å². The number of piperidine rings is 1. The van der Waals surface area contributed by atoms with Crippen molar-refractivity contribution in [3.05, 3.63) is 29.6 Å². The number of nitrogens with zero attached hydrogens (tertiary/aromatic N) is 2. The average Bonchev–Trinajstić information content (AvgIpc) is 3.06. The van der Waals surface area contributed by atoms with E-state index in [-0.39, 0.29) is 29.8 Å². The number of benzene rings is 1. The van der Waals surface area contributed by atoms with Crippen LogP contribution in [0.2, 0.25) is 0 Å². The van der Waals surface area contributed by atoms with Crippen molar-refractivity contribution in [2.75, 3.05) is 38.1 Å². The van der Waals surface area contributed by atoms with Crippen LogP contribution < -0.4 is 10.2 Å². The van der Waals surface area contributed by atoms with Crippen molar-refractivity contribution in [2.45, 2.75) is 32.1 Å². The van der Waals surface area contributed by atoms with Crippen molar-refractivity contribution >= 4 is 29.9 Å². The monoisotopic (exact) mass is 383 g/mol. The molecular formula is C19H27ClFN3O2. The van der Waals surface area contributed by atoms with Crippen LogP contribution in [-0.2, 0) is 4.79 Å². The zero-order valence-corrected chi connectivity index (χ0v) is 16.0. The zero-order chi connectivity index (χ0) is 17.8. The van der Waals surface area contributed by atoms with Gasteiger partial charge >= 0.3 is 0 Å². The van der Waals surface area contributed by atoms with Crippen molar-refractivity contribution in [2.24, 2.45) is 5.92 Å². The highest BCUT2D eigenvalue weighted by Crippen LogP contribution is 2.26. The molecule has 0 unspecified atom stereocenters. The highest BCUT2D eigenvalue weighted by molar-refractivity contribution is 5.99. The second-order valence-corrected chi connectivity index (χ2v) is 6.94. The lowest BCUT2D eigenvalue weighted by Gasteiger charge is -2.32. The van der Waals surface area contributed by atoms with Crippen LogP contribution in [0.4, 0.5) is 10.1 Å². The Balaban J connectivity index is 0.00000243. The lowest BCUT2D eigenvalue weighted by Crippen LogP contribution is -2.39. The van der Waals surface area contributed by atoms with Gasteiger partial charge in [0, 0.05) is 31.7 Å². The minimum Gasteiger partial charge on any atom is -0.339 e. The number of hydrogen-bond donors (Lipinski definition) is 1. The molecule has 1 N–H and O–H groups in total. The first-order valence-corrected chi connectivity index (χ1v) is 9.14. The third-order valence-corrected chi connectivity index (χ3v) is 5.27. The third-order valence-electron chi connectivity index (χ3n) is 5.27. The number of likely N-dealkylation sites (tertiary alicyclic amines) is 1. The maximum atomic E-state index is 14.2. The summed E-state index contributed by atoms with van der Waals surface area (Å²) in [7, 11) is 1.94. The van der Waals surface area contributed by atoms with Crippen LogP contribution in [0, 0.1) is 11.7 Å². The zero-order valence-electron chi connectivity index (χ0n) is 15.2. The number of carbonyl (C=O) groups excluding carboxylic acids is 2. The fourth-order valence-electron chi connectivity index (χ4n) is 3.71. The van der Waals surface area contributed by atoms with Gasteiger partial charge in [0.05, 0.1) is 5.56 Å². The summed E-state index contributed by atoms with van der Waals surface area (Å²) in [6, 6.07) is 4.42. The first kappa shape index (κ1) is 20.6. The van der Waals surface area contributed by atoms with E-state index in [0.717, 1.165) is 32.2 Å². The number of rotatable bonds is 5. The summed E-state index contributed by atoms with van der Waals surface area (Å²) in [5, 5.41) is 3.16. The lowest BCUT2D eigenvalue weighted by molar-refractivity contribution is -0.117. The standard InChI is InChI=1S/C19H26FN3O2.ClH/c1-21-9-6-14-7-11-22(12-8-14)19(25)16-13-15(4-5-17(16)20)23-10-2-3-18(23)24;/h4-5,13-14,21H,2-3,6-12H2,1H3;1H. The van der Waals surface area contributed by atoms with Gasteiger partial charge in [-0.3, -0.25) is 9.59 Å². The molecule has 0 aliphatic carbocycles. The largest absolute Gasteiger partial charge is 0.339 e. The molecule has 26 heavy (non-hydrogen) atoms. The van der Waals surface area contributed by atoms with E-state index < -0.39 is 5.82 Å². The van der Waals surface area contributed by atoms with Gasteiger partial charge in [-0.25, -0.2) is 4.39 Å². The SMILES string of the molecule is CNCCC1CCN(C(=O)c2cc(N3CCCC3=O)ccc2F)CC1.Cl. The van der Waals surface area contributed by atoms with Crippen molar-refractivity contribution in [1.82, 2.24) is 10.2 Å². The third kappa shape index (κ3) is 4.54. The van der Waals surface area contributed by atoms with E-state index >= 15 is 0 Å². The predicted octanol–water partition coefficient (Wildman–Crippen LogP) is 2.84. The molecule has 2 aliphatic heterocycles. The van der Waals surface area contributed by atoms with Gasteiger partial charge in [0.1, 0.15) is 5.82 Å². The molecule has 2 aliphatic rings. The van der Waals surface area contributed by atoms with Gasteiger partial charge in [0.2, 0.25) is 5.91 Å². The van der Waals surface area contributed by atoms with Gasteiger partial charge in [0.25, 0.3) is 5.91 Å². The summed E-state index contributed by atoms with van der Waals surface area (Å²) in [5.74, 6) is -0.124. The molecule has 2 saturated heterocycles. The van der Waals surface area contributed by atoms with E-state index in [9.17, 15) is 14.0 Å². The summed E-state index contributed by atoms with van der Waals surface area (Å²) in [6.45, 7) is 2.95. The summed E-state index contributed by atoms with van der Waals surface area (Å²) in [5.41, 5.74) is 0.696. The van der Waals surface area contributed by atoms with Crippen LogP contribution in [0.3, 0.4) is 0 Å². The molecule has 5 nitrogen and oxygen atoms in total. The Bertz CT molecular complexity index is 648. The Labute approximate surface area is 160 Å². The second kappa shape index (κ2) is 9.33. The molecule has 0 spiro atoms. The average molecular weight is 384 g/mol. The van der Waals surface area contributed by atoms with Crippen LogP contribution >= 0.6 is 12.4 Å². The Morgan fingerprint density at radius 1 is 1.27 bits per heavy atom. The maximum absolute atomic E-state index is 14.2. The molecule has 2 heterocycles. The van der Waals surface area contributed by atoms with Crippen molar-refractivity contribution in [3.8, 4) is 0 Å². The fraction of sp³-hybridized carbons (Fsp3) is 0.579. The molecule has 0 saturated carbocycles. The molecule has 0 atom stereocenters. The smallest absolute Gasteiger partial charge is 0.256 e. The van der Waals surface area contributed by atoms with Gasteiger partial charge in [0.15, 0.2) is 0 Å². The Hall–Kier alpha value is -1.66. The normalized spacial score (nSPS) is 18.2. The number of hydrogen-bond acceptors (Lipinski definition) is 3. The molecule has 0 aromatic heterocycles. The first-order valence-electron chi connectivity index (χ1n) is 9.14. The molecule has 0 bridgehead atoms. The van der Waals surface area contributed by atoms with E-state index in [1.807, 2.05) is 7.05 Å².